The van der Waals surface area contributed by atoms with Crippen LogP contribution in [0.4, 0.5) is 0 Å². The third-order valence-electron chi connectivity index (χ3n) is 5.57. The fourth-order valence-corrected chi connectivity index (χ4v) is 3.99. The second-order valence-corrected chi connectivity index (χ2v) is 7.33. The standard InChI is InChI=1S/C20H28N2O5/c1-3-26-20(25)15-6-10-21(11-7-15)18(23)16-5-4-9-22(13-16)19(24)17-8-12-27-14(17)2/h8,12,15-16H,3-7,9-11,13H2,1-2H3/t16-/m0/s1. The smallest absolute Gasteiger partial charge is 0.309 e. The van der Waals surface area contributed by atoms with E-state index in [0.717, 1.165) is 12.8 Å². The Labute approximate surface area is 159 Å². The Morgan fingerprint density at radius 2 is 1.85 bits per heavy atom. The maximum absolute atomic E-state index is 12.9. The monoisotopic (exact) mass is 376 g/mol. The molecule has 0 unspecified atom stereocenters. The number of ether oxygens (including phenoxy) is 1. The van der Waals surface area contributed by atoms with Gasteiger partial charge in [0.05, 0.1) is 30.3 Å². The highest BCUT2D eigenvalue weighted by Crippen LogP contribution is 2.25. The van der Waals surface area contributed by atoms with E-state index in [1.54, 1.807) is 24.8 Å². The van der Waals surface area contributed by atoms with Gasteiger partial charge in [-0.25, -0.2) is 0 Å². The fraction of sp³-hybridized carbons (Fsp3) is 0.650. The summed E-state index contributed by atoms with van der Waals surface area (Å²) in [5.74, 6) is 0.194. The third kappa shape index (κ3) is 4.34. The number of esters is 1. The average molecular weight is 376 g/mol. The lowest BCUT2D eigenvalue weighted by molar-refractivity contribution is -0.152. The summed E-state index contributed by atoms with van der Waals surface area (Å²) in [6.45, 7) is 6.23. The van der Waals surface area contributed by atoms with E-state index in [0.29, 0.717) is 57.0 Å². The van der Waals surface area contributed by atoms with Gasteiger partial charge in [0.2, 0.25) is 5.91 Å². The molecule has 2 amide bonds. The maximum atomic E-state index is 12.9. The van der Waals surface area contributed by atoms with Crippen molar-refractivity contribution < 1.29 is 23.5 Å². The quantitative estimate of drug-likeness (QED) is 0.753. The molecule has 27 heavy (non-hydrogen) atoms. The molecule has 2 saturated heterocycles. The van der Waals surface area contributed by atoms with Crippen molar-refractivity contribution in [2.75, 3.05) is 32.8 Å². The van der Waals surface area contributed by atoms with Crippen molar-refractivity contribution in [3.63, 3.8) is 0 Å². The van der Waals surface area contributed by atoms with Crippen LogP contribution < -0.4 is 0 Å². The van der Waals surface area contributed by atoms with Gasteiger partial charge in [-0.15, -0.1) is 0 Å². The first-order chi connectivity index (χ1) is 13.0. The second kappa shape index (κ2) is 8.59. The number of nitrogens with zero attached hydrogens (tertiary/aromatic N) is 2. The Morgan fingerprint density at radius 1 is 1.11 bits per heavy atom. The van der Waals surface area contributed by atoms with Crippen molar-refractivity contribution in [3.05, 3.63) is 23.7 Å². The fourth-order valence-electron chi connectivity index (χ4n) is 3.99. The number of hydrogen-bond donors (Lipinski definition) is 0. The van der Waals surface area contributed by atoms with Crippen LogP contribution >= 0.6 is 0 Å². The lowest BCUT2D eigenvalue weighted by atomic mass is 9.92. The van der Waals surface area contributed by atoms with Crippen LogP contribution in [0.15, 0.2) is 16.7 Å². The summed E-state index contributed by atoms with van der Waals surface area (Å²) >= 11 is 0. The van der Waals surface area contributed by atoms with Crippen LogP contribution in [0.5, 0.6) is 0 Å². The molecule has 7 heteroatoms. The van der Waals surface area contributed by atoms with Crippen molar-refractivity contribution in [3.8, 4) is 0 Å². The molecule has 2 aliphatic heterocycles. The van der Waals surface area contributed by atoms with Crippen LogP contribution in [0.25, 0.3) is 0 Å². The molecular formula is C20H28N2O5. The Kier molecular flexibility index (Phi) is 6.19. The molecule has 7 nitrogen and oxygen atoms in total. The zero-order valence-corrected chi connectivity index (χ0v) is 16.1. The van der Waals surface area contributed by atoms with Crippen LogP contribution in [0.2, 0.25) is 0 Å². The number of rotatable bonds is 4. The van der Waals surface area contributed by atoms with Crippen molar-refractivity contribution in [1.82, 2.24) is 9.80 Å². The molecule has 148 valence electrons. The summed E-state index contributed by atoms with van der Waals surface area (Å²) in [7, 11) is 0. The topological polar surface area (TPSA) is 80.1 Å². The molecule has 1 aromatic heterocycles. The maximum Gasteiger partial charge on any atom is 0.309 e. The molecule has 1 aromatic rings. The Hall–Kier alpha value is -2.31. The highest BCUT2D eigenvalue weighted by Gasteiger charge is 2.35. The summed E-state index contributed by atoms with van der Waals surface area (Å²) in [5.41, 5.74) is 0.568. The third-order valence-corrected chi connectivity index (χ3v) is 5.57. The number of aryl methyl sites for hydroxylation is 1. The van der Waals surface area contributed by atoms with E-state index >= 15 is 0 Å². The second-order valence-electron chi connectivity index (χ2n) is 7.33. The summed E-state index contributed by atoms with van der Waals surface area (Å²) in [5, 5.41) is 0. The molecule has 0 saturated carbocycles. The minimum absolute atomic E-state index is 0.0697. The highest BCUT2D eigenvalue weighted by molar-refractivity contribution is 5.95. The number of likely N-dealkylation sites (tertiary alicyclic amines) is 2. The first kappa shape index (κ1) is 19.5. The van der Waals surface area contributed by atoms with Gasteiger partial charge < -0.3 is 19.0 Å². The molecule has 0 spiro atoms. The molecule has 0 radical (unpaired) electrons. The molecule has 0 bridgehead atoms. The van der Waals surface area contributed by atoms with Crippen LogP contribution in [0, 0.1) is 18.8 Å². The Balaban J connectivity index is 1.55. The van der Waals surface area contributed by atoms with E-state index in [2.05, 4.69) is 0 Å². The van der Waals surface area contributed by atoms with E-state index in [1.165, 1.54) is 6.26 Å². The van der Waals surface area contributed by atoms with Gasteiger partial charge in [-0.3, -0.25) is 14.4 Å². The van der Waals surface area contributed by atoms with E-state index in [-0.39, 0.29) is 29.6 Å². The molecule has 1 atom stereocenters. The van der Waals surface area contributed by atoms with Crippen molar-refractivity contribution in [1.29, 1.82) is 0 Å². The first-order valence-corrected chi connectivity index (χ1v) is 9.80. The van der Waals surface area contributed by atoms with Crippen LogP contribution in [0.3, 0.4) is 0 Å². The van der Waals surface area contributed by atoms with Gasteiger partial charge in [0.25, 0.3) is 5.91 Å². The summed E-state index contributed by atoms with van der Waals surface area (Å²) < 4.78 is 10.3. The number of hydrogen-bond acceptors (Lipinski definition) is 5. The first-order valence-electron chi connectivity index (χ1n) is 9.80. The largest absolute Gasteiger partial charge is 0.469 e. The molecule has 2 fully saturated rings. The Morgan fingerprint density at radius 3 is 2.48 bits per heavy atom. The lowest BCUT2D eigenvalue weighted by Crippen LogP contribution is -2.49. The van der Waals surface area contributed by atoms with Crippen LogP contribution in [-0.2, 0) is 14.3 Å². The zero-order chi connectivity index (χ0) is 19.4. The number of amides is 2. The number of furan rings is 1. The van der Waals surface area contributed by atoms with Gasteiger partial charge in [0.1, 0.15) is 5.76 Å². The van der Waals surface area contributed by atoms with E-state index < -0.39 is 0 Å². The molecule has 0 N–H and O–H groups in total. The number of carbonyl (C=O) groups excluding carboxylic acids is 3. The van der Waals surface area contributed by atoms with Gasteiger partial charge in [0.15, 0.2) is 0 Å². The Bertz CT molecular complexity index is 690. The van der Waals surface area contributed by atoms with E-state index in [4.69, 9.17) is 9.15 Å². The predicted molar refractivity (Wildman–Crippen MR) is 98.0 cm³/mol. The SMILES string of the molecule is CCOC(=O)C1CCN(C(=O)[C@H]2CCCN(C(=O)c3ccoc3C)C2)CC1. The van der Waals surface area contributed by atoms with Gasteiger partial charge in [-0.05, 0) is 45.6 Å². The molecule has 0 aromatic carbocycles. The highest BCUT2D eigenvalue weighted by atomic mass is 16.5. The van der Waals surface area contributed by atoms with E-state index in [9.17, 15) is 14.4 Å². The normalized spacial score (nSPS) is 21.2. The minimum atomic E-state index is -0.172. The van der Waals surface area contributed by atoms with Crippen molar-refractivity contribution in [2.45, 2.75) is 39.5 Å². The van der Waals surface area contributed by atoms with Gasteiger partial charge in [-0.2, -0.15) is 0 Å². The molecule has 3 heterocycles. The summed E-state index contributed by atoms with van der Waals surface area (Å²) in [4.78, 5) is 41.1. The minimum Gasteiger partial charge on any atom is -0.469 e. The van der Waals surface area contributed by atoms with Gasteiger partial charge >= 0.3 is 5.97 Å². The number of piperidine rings is 2. The van der Waals surface area contributed by atoms with Crippen LogP contribution in [0.1, 0.15) is 48.7 Å². The summed E-state index contributed by atoms with van der Waals surface area (Å²) in [6, 6.07) is 1.68. The average Bonchev–Trinajstić information content (AvgIpc) is 3.13. The summed E-state index contributed by atoms with van der Waals surface area (Å²) in [6.07, 6.45) is 4.42. The molecular weight excluding hydrogens is 348 g/mol. The lowest BCUT2D eigenvalue weighted by Gasteiger charge is -2.37. The molecule has 0 aliphatic carbocycles. The molecule has 3 rings (SSSR count). The van der Waals surface area contributed by atoms with Crippen molar-refractivity contribution in [2.24, 2.45) is 11.8 Å². The van der Waals surface area contributed by atoms with Crippen molar-refractivity contribution >= 4 is 17.8 Å². The molecule has 2 aliphatic rings. The zero-order valence-electron chi connectivity index (χ0n) is 16.1. The predicted octanol–water partition coefficient (Wildman–Crippen LogP) is 2.24. The van der Waals surface area contributed by atoms with Crippen LogP contribution in [-0.4, -0.2) is 60.4 Å². The van der Waals surface area contributed by atoms with Gasteiger partial charge in [0, 0.05) is 26.2 Å². The number of carbonyl (C=O) groups is 3. The van der Waals surface area contributed by atoms with E-state index in [1.807, 2.05) is 4.90 Å². The van der Waals surface area contributed by atoms with Gasteiger partial charge in [-0.1, -0.05) is 0 Å².